The van der Waals surface area contributed by atoms with E-state index in [-0.39, 0.29) is 15.7 Å². The second kappa shape index (κ2) is 5.49. The maximum absolute atomic E-state index is 13.1. The van der Waals surface area contributed by atoms with Gasteiger partial charge < -0.3 is 5.11 Å². The van der Waals surface area contributed by atoms with Crippen molar-refractivity contribution in [3.8, 4) is 0 Å². The molecular weight excluding hydrogens is 366 g/mol. The summed E-state index contributed by atoms with van der Waals surface area (Å²) >= 11 is 1.14. The van der Waals surface area contributed by atoms with Gasteiger partial charge in [-0.25, -0.2) is 9.38 Å². The zero-order valence-electron chi connectivity index (χ0n) is 13.7. The Labute approximate surface area is 155 Å². The van der Waals surface area contributed by atoms with Crippen molar-refractivity contribution in [2.75, 3.05) is 11.4 Å². The summed E-state index contributed by atoms with van der Waals surface area (Å²) in [5, 5.41) is 9.15. The first-order valence-corrected chi connectivity index (χ1v) is 8.95. The topological polar surface area (TPSA) is 92.0 Å². The van der Waals surface area contributed by atoms with Crippen LogP contribution in [0.5, 0.6) is 0 Å². The Morgan fingerprint density at radius 2 is 1.81 bits per heavy atom. The van der Waals surface area contributed by atoms with E-state index < -0.39 is 18.4 Å². The third kappa shape index (κ3) is 2.13. The fourth-order valence-corrected chi connectivity index (χ4v) is 4.53. The quantitative estimate of drug-likeness (QED) is 0.568. The molecule has 0 unspecified atom stereocenters. The Kier molecular flexibility index (Phi) is 3.19. The lowest BCUT2D eigenvalue weighted by atomic mass is 10.1. The number of carboxylic acids is 1. The summed E-state index contributed by atoms with van der Waals surface area (Å²) in [5.74, 6) is -1.60. The highest BCUT2D eigenvalue weighted by atomic mass is 32.1. The maximum Gasteiger partial charge on any atom is 0.323 e. The van der Waals surface area contributed by atoms with Crippen LogP contribution in [0.15, 0.2) is 53.3 Å². The first-order valence-electron chi connectivity index (χ1n) is 8.13. The highest BCUT2D eigenvalue weighted by Crippen LogP contribution is 2.35. The molecule has 0 fully saturated rings. The molecule has 3 heterocycles. The van der Waals surface area contributed by atoms with Crippen LogP contribution in [0, 0.1) is 0 Å². The molecule has 0 atom stereocenters. The molecule has 0 radical (unpaired) electrons. The first kappa shape index (κ1) is 15.7. The minimum absolute atomic E-state index is 0.233. The van der Waals surface area contributed by atoms with E-state index in [1.165, 1.54) is 9.30 Å². The molecule has 5 rings (SSSR count). The second-order valence-corrected chi connectivity index (χ2v) is 7.11. The van der Waals surface area contributed by atoms with Crippen LogP contribution in [0.4, 0.5) is 5.69 Å². The highest BCUT2D eigenvalue weighted by Gasteiger charge is 2.35. The molecule has 2 aromatic heterocycles. The summed E-state index contributed by atoms with van der Waals surface area (Å²) in [4.78, 5) is 43.4. The Morgan fingerprint density at radius 3 is 2.63 bits per heavy atom. The van der Waals surface area contributed by atoms with Gasteiger partial charge in [0.15, 0.2) is 4.96 Å². The summed E-state index contributed by atoms with van der Waals surface area (Å²) < 4.78 is 1.77. The van der Waals surface area contributed by atoms with Gasteiger partial charge in [0.25, 0.3) is 11.5 Å². The maximum atomic E-state index is 13.1. The van der Waals surface area contributed by atoms with Crippen LogP contribution in [0.1, 0.15) is 5.56 Å². The van der Waals surface area contributed by atoms with Crippen molar-refractivity contribution in [1.82, 2.24) is 9.38 Å². The fourth-order valence-electron chi connectivity index (χ4n) is 3.45. The molecule has 27 heavy (non-hydrogen) atoms. The number of imidazole rings is 1. The molecule has 4 aromatic rings. The number of nitrogens with zero attached hydrogens (tertiary/aromatic N) is 3. The summed E-state index contributed by atoms with van der Waals surface area (Å²) in [7, 11) is 0. The van der Waals surface area contributed by atoms with Crippen LogP contribution in [0.2, 0.25) is 0 Å². The van der Waals surface area contributed by atoms with Crippen molar-refractivity contribution in [2.45, 2.75) is 0 Å². The zero-order valence-corrected chi connectivity index (χ0v) is 14.6. The van der Waals surface area contributed by atoms with Crippen LogP contribution < -0.4 is 15.0 Å². The molecule has 1 amide bonds. The number of hydrogen-bond acceptors (Lipinski definition) is 5. The van der Waals surface area contributed by atoms with Crippen molar-refractivity contribution in [2.24, 2.45) is 0 Å². The Bertz CT molecular complexity index is 1390. The van der Waals surface area contributed by atoms with Crippen LogP contribution in [0.3, 0.4) is 0 Å². The fraction of sp³-hybridized carbons (Fsp3) is 0.0526. The lowest BCUT2D eigenvalue weighted by Crippen LogP contribution is -2.35. The number of fused-ring (bicyclic) bond motifs is 4. The number of amides is 1. The van der Waals surface area contributed by atoms with E-state index in [9.17, 15) is 14.4 Å². The van der Waals surface area contributed by atoms with Gasteiger partial charge in [0.05, 0.1) is 22.3 Å². The molecule has 1 N–H and O–H groups in total. The lowest BCUT2D eigenvalue weighted by molar-refractivity contribution is -0.136. The molecule has 8 heteroatoms. The number of anilines is 1. The SMILES string of the molecule is O=C(O)CN1C(=O)/C(=c2/sc3nc4ccccc4n3c2=O)c2ccccc21. The number of hydrogen-bond donors (Lipinski definition) is 1. The van der Waals surface area contributed by atoms with Crippen LogP contribution in [-0.4, -0.2) is 32.9 Å². The molecule has 0 aliphatic carbocycles. The third-order valence-corrected chi connectivity index (χ3v) is 5.60. The van der Waals surface area contributed by atoms with Crippen LogP contribution in [0.25, 0.3) is 21.6 Å². The van der Waals surface area contributed by atoms with Gasteiger partial charge in [-0.15, -0.1) is 0 Å². The van der Waals surface area contributed by atoms with Gasteiger partial charge in [0.2, 0.25) is 0 Å². The van der Waals surface area contributed by atoms with Gasteiger partial charge in [-0.05, 0) is 18.2 Å². The van der Waals surface area contributed by atoms with E-state index in [2.05, 4.69) is 4.98 Å². The van der Waals surface area contributed by atoms with Crippen molar-refractivity contribution in [3.05, 3.63) is 69.0 Å². The summed E-state index contributed by atoms with van der Waals surface area (Å²) in [6.07, 6.45) is 0. The van der Waals surface area contributed by atoms with Gasteiger partial charge in [-0.1, -0.05) is 41.7 Å². The number of aromatic nitrogens is 2. The van der Waals surface area contributed by atoms with Gasteiger partial charge in [0.1, 0.15) is 11.1 Å². The third-order valence-electron chi connectivity index (χ3n) is 4.56. The number of carbonyl (C=O) groups excluding carboxylic acids is 1. The predicted octanol–water partition coefficient (Wildman–Crippen LogP) is 1.26. The summed E-state index contributed by atoms with van der Waals surface area (Å²) in [6, 6.07) is 14.2. The molecule has 0 saturated heterocycles. The molecule has 7 nitrogen and oxygen atoms in total. The van der Waals surface area contributed by atoms with Gasteiger partial charge in [-0.3, -0.25) is 19.3 Å². The zero-order chi connectivity index (χ0) is 18.7. The first-order chi connectivity index (χ1) is 13.1. The number of para-hydroxylation sites is 3. The van der Waals surface area contributed by atoms with Crippen molar-refractivity contribution >= 4 is 50.5 Å². The van der Waals surface area contributed by atoms with E-state index in [1.54, 1.807) is 30.3 Å². The summed E-state index contributed by atoms with van der Waals surface area (Å²) in [5.41, 5.74) is 2.37. The molecule has 132 valence electrons. The van der Waals surface area contributed by atoms with Crippen LogP contribution in [-0.2, 0) is 9.59 Å². The van der Waals surface area contributed by atoms with E-state index >= 15 is 0 Å². The van der Waals surface area contributed by atoms with E-state index in [4.69, 9.17) is 5.11 Å². The molecule has 0 spiro atoms. The second-order valence-electron chi connectivity index (χ2n) is 6.13. The van der Waals surface area contributed by atoms with E-state index in [1.807, 2.05) is 18.2 Å². The van der Waals surface area contributed by atoms with E-state index in [0.717, 1.165) is 11.3 Å². The molecule has 1 aliphatic heterocycles. The van der Waals surface area contributed by atoms with Crippen molar-refractivity contribution in [1.29, 1.82) is 0 Å². The standard InChI is InChI=1S/C19H11N3O4S/c23-14(24)9-21-12-7-3-1-5-10(12)15(17(21)25)16-18(26)22-13-8-4-2-6-11(13)20-19(22)27-16/h1-8H,9H2,(H,23,24)/b16-15+. The predicted molar refractivity (Wildman–Crippen MR) is 101 cm³/mol. The average molecular weight is 377 g/mol. The Hall–Kier alpha value is -3.52. The smallest absolute Gasteiger partial charge is 0.323 e. The molecule has 0 bridgehead atoms. The number of thiazole rings is 1. The molecular formula is C19H11N3O4S. The van der Waals surface area contributed by atoms with Gasteiger partial charge >= 0.3 is 5.97 Å². The number of carbonyl (C=O) groups is 2. The molecule has 0 saturated carbocycles. The highest BCUT2D eigenvalue weighted by molar-refractivity contribution is 7.15. The molecule has 1 aliphatic rings. The van der Waals surface area contributed by atoms with Gasteiger partial charge in [0, 0.05) is 5.56 Å². The number of carboxylic acid groups (broad SMARTS) is 1. The normalized spacial score (nSPS) is 15.7. The minimum Gasteiger partial charge on any atom is -0.480 e. The van der Waals surface area contributed by atoms with Crippen molar-refractivity contribution < 1.29 is 14.7 Å². The van der Waals surface area contributed by atoms with Crippen LogP contribution >= 0.6 is 11.3 Å². The molecule has 2 aromatic carbocycles. The number of aliphatic carboxylic acids is 1. The Balaban J connectivity index is 1.87. The summed E-state index contributed by atoms with van der Waals surface area (Å²) in [6.45, 7) is -0.459. The number of rotatable bonds is 2. The van der Waals surface area contributed by atoms with Gasteiger partial charge in [-0.2, -0.15) is 0 Å². The lowest BCUT2D eigenvalue weighted by Gasteiger charge is -2.13. The minimum atomic E-state index is -1.12. The number of benzene rings is 2. The largest absolute Gasteiger partial charge is 0.480 e. The van der Waals surface area contributed by atoms with Crippen molar-refractivity contribution in [3.63, 3.8) is 0 Å². The monoisotopic (exact) mass is 377 g/mol. The average Bonchev–Trinajstić information content (AvgIpc) is 3.25. The Morgan fingerprint density at radius 1 is 1.07 bits per heavy atom. The van der Waals surface area contributed by atoms with E-state index in [0.29, 0.717) is 27.2 Å².